The third kappa shape index (κ3) is 1.39. The Bertz CT molecular complexity index is 464. The molecular formula is C14H17NO3. The van der Waals surface area contributed by atoms with Crippen LogP contribution in [0.15, 0.2) is 18.2 Å². The van der Waals surface area contributed by atoms with Gasteiger partial charge in [0.25, 0.3) is 0 Å². The molecule has 0 amide bonds. The molecule has 0 aromatic heterocycles. The molecule has 3 heterocycles. The Balaban J connectivity index is 1.71. The maximum atomic E-state index is 5.51. The van der Waals surface area contributed by atoms with Crippen LogP contribution in [0, 0.1) is 0 Å². The van der Waals surface area contributed by atoms with Crippen molar-refractivity contribution in [2.45, 2.75) is 24.3 Å². The quantitative estimate of drug-likeness (QED) is 0.858. The summed E-state index contributed by atoms with van der Waals surface area (Å²) in [5.74, 6) is 1.73. The van der Waals surface area contributed by atoms with Gasteiger partial charge in [0.15, 0.2) is 11.5 Å². The summed E-state index contributed by atoms with van der Waals surface area (Å²) in [6.07, 6.45) is 2.49. The average Bonchev–Trinajstić information content (AvgIpc) is 2.96. The monoisotopic (exact) mass is 247 g/mol. The van der Waals surface area contributed by atoms with Gasteiger partial charge in [0, 0.05) is 6.04 Å². The normalized spacial score (nSPS) is 28.1. The number of nitrogens with one attached hydrogen (secondary N) is 1. The molecule has 0 radical (unpaired) electrons. The largest absolute Gasteiger partial charge is 0.454 e. The van der Waals surface area contributed by atoms with Crippen molar-refractivity contribution in [3.8, 4) is 11.5 Å². The smallest absolute Gasteiger partial charge is 0.231 e. The van der Waals surface area contributed by atoms with Crippen LogP contribution in [-0.4, -0.2) is 32.6 Å². The lowest BCUT2D eigenvalue weighted by Crippen LogP contribution is -2.58. The fourth-order valence-electron chi connectivity index (χ4n) is 3.25. The van der Waals surface area contributed by atoms with E-state index in [0.717, 1.165) is 31.3 Å². The number of ether oxygens (including phenoxy) is 3. The molecule has 18 heavy (non-hydrogen) atoms. The molecule has 1 aromatic rings. The van der Waals surface area contributed by atoms with Gasteiger partial charge < -0.3 is 19.5 Å². The van der Waals surface area contributed by atoms with Crippen LogP contribution in [0.3, 0.4) is 0 Å². The summed E-state index contributed by atoms with van der Waals surface area (Å²) in [6, 6.07) is 6.85. The Morgan fingerprint density at radius 3 is 2.78 bits per heavy atom. The molecule has 2 saturated heterocycles. The van der Waals surface area contributed by atoms with E-state index in [-0.39, 0.29) is 5.41 Å². The van der Waals surface area contributed by atoms with Gasteiger partial charge in [-0.25, -0.2) is 0 Å². The van der Waals surface area contributed by atoms with E-state index in [2.05, 4.69) is 17.4 Å². The van der Waals surface area contributed by atoms with Gasteiger partial charge in [-0.15, -0.1) is 0 Å². The van der Waals surface area contributed by atoms with Crippen molar-refractivity contribution in [1.82, 2.24) is 5.32 Å². The van der Waals surface area contributed by atoms with Gasteiger partial charge in [-0.1, -0.05) is 6.07 Å². The molecule has 0 aliphatic carbocycles. The predicted molar refractivity (Wildman–Crippen MR) is 66.1 cm³/mol. The minimum Gasteiger partial charge on any atom is -0.454 e. The van der Waals surface area contributed by atoms with Crippen molar-refractivity contribution in [2.75, 3.05) is 26.6 Å². The second kappa shape index (κ2) is 3.87. The molecule has 0 spiro atoms. The third-order valence-electron chi connectivity index (χ3n) is 4.39. The summed E-state index contributed by atoms with van der Waals surface area (Å²) in [5, 5.41) is 3.61. The highest BCUT2D eigenvalue weighted by atomic mass is 16.7. The topological polar surface area (TPSA) is 39.7 Å². The fourth-order valence-corrected chi connectivity index (χ4v) is 3.25. The summed E-state index contributed by atoms with van der Waals surface area (Å²) in [7, 11) is 0. The van der Waals surface area contributed by atoms with E-state index in [1.54, 1.807) is 0 Å². The van der Waals surface area contributed by atoms with E-state index in [4.69, 9.17) is 14.2 Å². The van der Waals surface area contributed by atoms with Crippen molar-refractivity contribution in [1.29, 1.82) is 0 Å². The molecule has 96 valence electrons. The molecule has 1 N–H and O–H groups in total. The van der Waals surface area contributed by atoms with E-state index >= 15 is 0 Å². The first-order chi connectivity index (χ1) is 8.88. The van der Waals surface area contributed by atoms with E-state index in [9.17, 15) is 0 Å². The first-order valence-corrected chi connectivity index (χ1v) is 6.60. The number of fused-ring (bicyclic) bond motifs is 1. The molecule has 1 atom stereocenters. The Morgan fingerprint density at radius 1 is 1.17 bits per heavy atom. The zero-order chi connectivity index (χ0) is 12.0. The Hall–Kier alpha value is -1.26. The molecule has 1 unspecified atom stereocenters. The summed E-state index contributed by atoms with van der Waals surface area (Å²) >= 11 is 0. The standard InChI is InChI=1S/C14H17NO3/c1-2-13(15-5-1)14(7-16-8-14)10-3-4-11-12(6-10)18-9-17-11/h3-4,6,13,15H,1-2,5,7-9H2. The van der Waals surface area contributed by atoms with Gasteiger partial charge in [0.05, 0.1) is 18.6 Å². The first kappa shape index (κ1) is 10.6. The highest BCUT2D eigenvalue weighted by molar-refractivity contribution is 5.48. The molecule has 3 aliphatic heterocycles. The number of benzene rings is 1. The number of hydrogen-bond acceptors (Lipinski definition) is 4. The van der Waals surface area contributed by atoms with Crippen molar-refractivity contribution in [3.05, 3.63) is 23.8 Å². The maximum Gasteiger partial charge on any atom is 0.231 e. The van der Waals surface area contributed by atoms with Crippen LogP contribution in [0.4, 0.5) is 0 Å². The van der Waals surface area contributed by atoms with Gasteiger partial charge in [-0.3, -0.25) is 0 Å². The Labute approximate surface area is 106 Å². The van der Waals surface area contributed by atoms with Crippen molar-refractivity contribution in [3.63, 3.8) is 0 Å². The van der Waals surface area contributed by atoms with Gasteiger partial charge in [0.1, 0.15) is 0 Å². The zero-order valence-electron chi connectivity index (χ0n) is 10.3. The van der Waals surface area contributed by atoms with E-state index < -0.39 is 0 Å². The zero-order valence-corrected chi connectivity index (χ0v) is 10.3. The van der Waals surface area contributed by atoms with E-state index in [0.29, 0.717) is 12.8 Å². The first-order valence-electron chi connectivity index (χ1n) is 6.60. The summed E-state index contributed by atoms with van der Waals surface area (Å²) in [6.45, 7) is 3.08. The highest BCUT2D eigenvalue weighted by Crippen LogP contribution is 2.43. The van der Waals surface area contributed by atoms with Crippen LogP contribution in [0.1, 0.15) is 18.4 Å². The van der Waals surface area contributed by atoms with Crippen LogP contribution in [0.5, 0.6) is 11.5 Å². The lowest BCUT2D eigenvalue weighted by Gasteiger charge is -2.46. The minimum atomic E-state index is 0.136. The molecule has 4 heteroatoms. The van der Waals surface area contributed by atoms with Crippen LogP contribution < -0.4 is 14.8 Å². The van der Waals surface area contributed by atoms with Crippen molar-refractivity contribution in [2.24, 2.45) is 0 Å². The number of rotatable bonds is 2. The third-order valence-corrected chi connectivity index (χ3v) is 4.39. The summed E-state index contributed by atoms with van der Waals surface area (Å²) < 4.78 is 16.4. The van der Waals surface area contributed by atoms with E-state index in [1.807, 2.05) is 6.07 Å². The molecule has 1 aromatic carbocycles. The maximum absolute atomic E-state index is 5.51. The van der Waals surface area contributed by atoms with Crippen LogP contribution in [0.25, 0.3) is 0 Å². The van der Waals surface area contributed by atoms with Gasteiger partial charge in [-0.05, 0) is 37.1 Å². The molecule has 0 saturated carbocycles. The van der Waals surface area contributed by atoms with Gasteiger partial charge >= 0.3 is 0 Å². The molecule has 0 bridgehead atoms. The molecule has 4 nitrogen and oxygen atoms in total. The second-order valence-corrected chi connectivity index (χ2v) is 5.37. The molecule has 2 fully saturated rings. The van der Waals surface area contributed by atoms with Crippen LogP contribution in [0.2, 0.25) is 0 Å². The van der Waals surface area contributed by atoms with E-state index in [1.165, 1.54) is 18.4 Å². The molecular weight excluding hydrogens is 230 g/mol. The van der Waals surface area contributed by atoms with Crippen molar-refractivity contribution >= 4 is 0 Å². The van der Waals surface area contributed by atoms with Crippen LogP contribution in [-0.2, 0) is 10.2 Å². The average molecular weight is 247 g/mol. The van der Waals surface area contributed by atoms with Crippen LogP contribution >= 0.6 is 0 Å². The Morgan fingerprint density at radius 2 is 2.06 bits per heavy atom. The lowest BCUT2D eigenvalue weighted by molar-refractivity contribution is -0.0761. The Kier molecular flexibility index (Phi) is 2.29. The van der Waals surface area contributed by atoms with Crippen molar-refractivity contribution < 1.29 is 14.2 Å². The van der Waals surface area contributed by atoms with Gasteiger partial charge in [-0.2, -0.15) is 0 Å². The highest BCUT2D eigenvalue weighted by Gasteiger charge is 2.48. The predicted octanol–water partition coefficient (Wildman–Crippen LogP) is 1.44. The number of hydrogen-bond donors (Lipinski definition) is 1. The molecule has 4 rings (SSSR count). The fraction of sp³-hybridized carbons (Fsp3) is 0.571. The minimum absolute atomic E-state index is 0.136. The lowest BCUT2D eigenvalue weighted by atomic mass is 9.72. The SMILES string of the molecule is c1cc2c(cc1C1(C3CCCN3)COC1)OCO2. The summed E-state index contributed by atoms with van der Waals surface area (Å²) in [5.41, 5.74) is 1.45. The van der Waals surface area contributed by atoms with Gasteiger partial charge in [0.2, 0.25) is 6.79 Å². The second-order valence-electron chi connectivity index (χ2n) is 5.37. The summed E-state index contributed by atoms with van der Waals surface area (Å²) in [4.78, 5) is 0. The molecule has 3 aliphatic rings.